The number of nitrogens with one attached hydrogen (secondary N) is 1. The smallest absolute Gasteiger partial charge is 0.271 e. The van der Waals surface area contributed by atoms with Crippen LogP contribution in [0.2, 0.25) is 0 Å². The SMILES string of the molecule is Cc1cncc(C(=O)NC23CC4CC(C2)CC(C(N)=O)(C4)C3)n1. The van der Waals surface area contributed by atoms with Gasteiger partial charge < -0.3 is 11.1 Å². The maximum absolute atomic E-state index is 12.6. The minimum absolute atomic E-state index is 0.192. The summed E-state index contributed by atoms with van der Waals surface area (Å²) in [6.45, 7) is 1.82. The van der Waals surface area contributed by atoms with E-state index in [0.717, 1.165) is 37.8 Å². The van der Waals surface area contributed by atoms with E-state index in [9.17, 15) is 9.59 Å². The molecule has 1 heterocycles. The van der Waals surface area contributed by atoms with Crippen LogP contribution in [-0.2, 0) is 4.79 Å². The molecule has 2 unspecified atom stereocenters. The summed E-state index contributed by atoms with van der Waals surface area (Å²) in [6, 6.07) is 0. The lowest BCUT2D eigenvalue weighted by atomic mass is 9.46. The monoisotopic (exact) mass is 314 g/mol. The first-order valence-corrected chi connectivity index (χ1v) is 8.31. The van der Waals surface area contributed by atoms with Crippen LogP contribution in [0.5, 0.6) is 0 Å². The van der Waals surface area contributed by atoms with Crippen LogP contribution in [0.15, 0.2) is 12.4 Å². The lowest BCUT2D eigenvalue weighted by Gasteiger charge is -2.61. The third-order valence-electron chi connectivity index (χ3n) is 5.95. The van der Waals surface area contributed by atoms with Crippen LogP contribution in [-0.4, -0.2) is 27.3 Å². The quantitative estimate of drug-likeness (QED) is 0.879. The molecule has 0 spiro atoms. The van der Waals surface area contributed by atoms with E-state index in [1.807, 2.05) is 6.92 Å². The molecule has 4 saturated carbocycles. The molecule has 3 N–H and O–H groups in total. The number of hydrogen-bond donors (Lipinski definition) is 2. The first-order chi connectivity index (χ1) is 10.9. The van der Waals surface area contributed by atoms with Crippen LogP contribution in [0, 0.1) is 24.2 Å². The number of aryl methyl sites for hydroxylation is 1. The van der Waals surface area contributed by atoms with Crippen LogP contribution >= 0.6 is 0 Å². The normalized spacial score (nSPS) is 37.6. The number of carbonyl (C=O) groups is 2. The molecule has 5 rings (SSSR count). The van der Waals surface area contributed by atoms with E-state index in [4.69, 9.17) is 5.73 Å². The summed E-state index contributed by atoms with van der Waals surface area (Å²) < 4.78 is 0. The summed E-state index contributed by atoms with van der Waals surface area (Å²) in [6.07, 6.45) is 8.63. The average molecular weight is 314 g/mol. The van der Waals surface area contributed by atoms with Gasteiger partial charge in [0.05, 0.1) is 17.3 Å². The number of rotatable bonds is 3. The fourth-order valence-electron chi connectivity index (χ4n) is 5.57. The molecular weight excluding hydrogens is 292 g/mol. The number of amides is 2. The maximum atomic E-state index is 12.6. The van der Waals surface area contributed by atoms with E-state index in [1.54, 1.807) is 6.20 Å². The summed E-state index contributed by atoms with van der Waals surface area (Å²) in [5.41, 5.74) is 6.07. The van der Waals surface area contributed by atoms with E-state index in [1.165, 1.54) is 6.20 Å². The molecule has 4 aliphatic carbocycles. The van der Waals surface area contributed by atoms with Crippen LogP contribution in [0.25, 0.3) is 0 Å². The highest BCUT2D eigenvalue weighted by atomic mass is 16.2. The second-order valence-corrected chi connectivity index (χ2v) is 7.89. The van der Waals surface area contributed by atoms with Crippen molar-refractivity contribution in [2.45, 2.75) is 51.0 Å². The minimum Gasteiger partial charge on any atom is -0.369 e. The van der Waals surface area contributed by atoms with Gasteiger partial charge in [-0.3, -0.25) is 14.6 Å². The van der Waals surface area contributed by atoms with Gasteiger partial charge in [0.15, 0.2) is 0 Å². The van der Waals surface area contributed by atoms with Crippen molar-refractivity contribution in [3.05, 3.63) is 23.8 Å². The van der Waals surface area contributed by atoms with Gasteiger partial charge in [0.1, 0.15) is 5.69 Å². The largest absolute Gasteiger partial charge is 0.369 e. The topological polar surface area (TPSA) is 98.0 Å². The second-order valence-electron chi connectivity index (χ2n) is 7.89. The second kappa shape index (κ2) is 4.76. The maximum Gasteiger partial charge on any atom is 0.271 e. The molecule has 0 aromatic carbocycles. The van der Waals surface area contributed by atoms with Gasteiger partial charge in [-0.25, -0.2) is 4.98 Å². The zero-order valence-electron chi connectivity index (χ0n) is 13.3. The zero-order valence-corrected chi connectivity index (χ0v) is 13.3. The molecule has 6 heteroatoms. The lowest BCUT2D eigenvalue weighted by molar-refractivity contribution is -0.146. The number of hydrogen-bond acceptors (Lipinski definition) is 4. The molecule has 0 saturated heterocycles. The van der Waals surface area contributed by atoms with E-state index >= 15 is 0 Å². The molecule has 0 aliphatic heterocycles. The molecule has 6 nitrogen and oxygen atoms in total. The highest BCUT2D eigenvalue weighted by Crippen LogP contribution is 2.61. The van der Waals surface area contributed by atoms with Crippen LogP contribution < -0.4 is 11.1 Å². The van der Waals surface area contributed by atoms with Gasteiger partial charge in [-0.1, -0.05) is 0 Å². The molecule has 4 bridgehead atoms. The molecule has 2 atom stereocenters. The molecule has 23 heavy (non-hydrogen) atoms. The van der Waals surface area contributed by atoms with Crippen LogP contribution in [0.3, 0.4) is 0 Å². The van der Waals surface area contributed by atoms with Crippen molar-refractivity contribution in [3.63, 3.8) is 0 Å². The third-order valence-corrected chi connectivity index (χ3v) is 5.95. The van der Waals surface area contributed by atoms with Gasteiger partial charge in [-0.2, -0.15) is 0 Å². The Morgan fingerprint density at radius 1 is 1.22 bits per heavy atom. The molecule has 122 valence electrons. The van der Waals surface area contributed by atoms with Crippen molar-refractivity contribution in [2.75, 3.05) is 0 Å². The third kappa shape index (κ3) is 2.31. The van der Waals surface area contributed by atoms with Gasteiger partial charge >= 0.3 is 0 Å². The van der Waals surface area contributed by atoms with Crippen molar-refractivity contribution in [1.82, 2.24) is 15.3 Å². The first kappa shape index (κ1) is 14.6. The number of primary amides is 1. The summed E-state index contributed by atoms with van der Waals surface area (Å²) in [7, 11) is 0. The predicted octanol–water partition coefficient (Wildman–Crippen LogP) is 1.34. The molecule has 2 amide bonds. The van der Waals surface area contributed by atoms with E-state index in [0.29, 0.717) is 24.0 Å². The van der Waals surface area contributed by atoms with E-state index in [2.05, 4.69) is 15.3 Å². The minimum atomic E-state index is -0.421. The van der Waals surface area contributed by atoms with E-state index in [-0.39, 0.29) is 17.4 Å². The summed E-state index contributed by atoms with van der Waals surface area (Å²) in [4.78, 5) is 33.0. The Morgan fingerprint density at radius 2 is 1.91 bits per heavy atom. The Morgan fingerprint density at radius 3 is 2.52 bits per heavy atom. The molecular formula is C17H22N4O2. The molecule has 4 fully saturated rings. The van der Waals surface area contributed by atoms with Gasteiger partial charge in [-0.05, 0) is 57.3 Å². The van der Waals surface area contributed by atoms with Crippen molar-refractivity contribution in [1.29, 1.82) is 0 Å². The highest BCUT2D eigenvalue weighted by Gasteiger charge is 2.60. The predicted molar refractivity (Wildman–Crippen MR) is 83.3 cm³/mol. The van der Waals surface area contributed by atoms with Gasteiger partial charge in [-0.15, -0.1) is 0 Å². The Labute approximate surface area is 135 Å². The summed E-state index contributed by atoms with van der Waals surface area (Å²) >= 11 is 0. The van der Waals surface area contributed by atoms with E-state index < -0.39 is 5.41 Å². The summed E-state index contributed by atoms with van der Waals surface area (Å²) in [5.74, 6) is 0.601. The highest BCUT2D eigenvalue weighted by molar-refractivity contribution is 5.92. The standard InChI is InChI=1S/C17H22N4O2/c1-10-7-19-8-13(20-10)14(22)21-17-5-11-2-12(6-17)4-16(3-11,9-17)15(18)23/h7-8,11-12H,2-6,9H2,1H3,(H2,18,23)(H,21,22). The van der Waals surface area contributed by atoms with Crippen molar-refractivity contribution < 1.29 is 9.59 Å². The number of aromatic nitrogens is 2. The fraction of sp³-hybridized carbons (Fsp3) is 0.647. The number of carbonyl (C=O) groups excluding carboxylic acids is 2. The van der Waals surface area contributed by atoms with Crippen molar-refractivity contribution >= 4 is 11.8 Å². The number of nitrogens with two attached hydrogens (primary N) is 1. The van der Waals surface area contributed by atoms with Gasteiger partial charge in [0.25, 0.3) is 5.91 Å². The Hall–Kier alpha value is -1.98. The molecule has 4 aliphatic rings. The Bertz CT molecular complexity index is 673. The van der Waals surface area contributed by atoms with Crippen molar-refractivity contribution in [2.24, 2.45) is 23.0 Å². The van der Waals surface area contributed by atoms with Gasteiger partial charge in [0, 0.05) is 11.7 Å². The Kier molecular flexibility index (Phi) is 3.02. The zero-order chi connectivity index (χ0) is 16.2. The van der Waals surface area contributed by atoms with Gasteiger partial charge in [0.2, 0.25) is 5.91 Å². The fourth-order valence-corrected chi connectivity index (χ4v) is 5.57. The lowest BCUT2D eigenvalue weighted by Crippen LogP contribution is -2.65. The summed E-state index contributed by atoms with van der Waals surface area (Å²) in [5, 5.41) is 3.20. The van der Waals surface area contributed by atoms with Crippen LogP contribution in [0.1, 0.15) is 54.7 Å². The average Bonchev–Trinajstić information content (AvgIpc) is 2.45. The molecule has 0 radical (unpaired) electrons. The first-order valence-electron chi connectivity index (χ1n) is 8.31. The van der Waals surface area contributed by atoms with Crippen molar-refractivity contribution in [3.8, 4) is 0 Å². The molecule has 1 aromatic heterocycles. The van der Waals surface area contributed by atoms with Crippen LogP contribution in [0.4, 0.5) is 0 Å². The number of nitrogens with zero attached hydrogens (tertiary/aromatic N) is 2. The molecule has 1 aromatic rings. The Balaban J connectivity index is 1.61.